The van der Waals surface area contributed by atoms with E-state index in [-0.39, 0.29) is 24.5 Å². The van der Waals surface area contributed by atoms with Crippen molar-refractivity contribution in [2.45, 2.75) is 6.04 Å². The van der Waals surface area contributed by atoms with Gasteiger partial charge in [-0.15, -0.1) is 0 Å². The molecule has 0 fully saturated rings. The standard InChI is InChI=1S/C10H11N3O4/c11-4-7-3-9(13(16)17)1-2-10(7)12-8(5-14)6-15/h1-3,8,12,14-15H,5-6H2. The lowest BCUT2D eigenvalue weighted by Gasteiger charge is -2.15. The predicted molar refractivity (Wildman–Crippen MR) is 59.4 cm³/mol. The van der Waals surface area contributed by atoms with E-state index in [4.69, 9.17) is 15.5 Å². The Balaban J connectivity index is 3.01. The van der Waals surface area contributed by atoms with Crippen molar-refractivity contribution in [2.24, 2.45) is 0 Å². The second kappa shape index (κ2) is 5.79. The Labute approximate surface area is 97.1 Å². The molecule has 0 aromatic heterocycles. The highest BCUT2D eigenvalue weighted by molar-refractivity contribution is 5.61. The number of rotatable bonds is 5. The summed E-state index contributed by atoms with van der Waals surface area (Å²) in [6.45, 7) is -0.614. The predicted octanol–water partition coefficient (Wildman–Crippen LogP) is 0.232. The molecule has 1 aromatic rings. The van der Waals surface area contributed by atoms with E-state index in [9.17, 15) is 10.1 Å². The minimum absolute atomic E-state index is 0.0890. The zero-order valence-electron chi connectivity index (χ0n) is 8.83. The summed E-state index contributed by atoms with van der Waals surface area (Å²) >= 11 is 0. The molecule has 0 saturated carbocycles. The lowest BCUT2D eigenvalue weighted by atomic mass is 10.1. The number of hydrogen-bond donors (Lipinski definition) is 3. The van der Waals surface area contributed by atoms with Gasteiger partial charge in [-0.3, -0.25) is 10.1 Å². The molecule has 7 heteroatoms. The Bertz CT molecular complexity index is 451. The molecule has 0 aliphatic rings. The summed E-state index contributed by atoms with van der Waals surface area (Å²) in [5.41, 5.74) is 0.244. The monoisotopic (exact) mass is 237 g/mol. The molecule has 0 aliphatic carbocycles. The van der Waals surface area contributed by atoms with Crippen LogP contribution in [0.5, 0.6) is 0 Å². The number of nitrogens with one attached hydrogen (secondary N) is 1. The van der Waals surface area contributed by atoms with Gasteiger partial charge in [0.1, 0.15) is 6.07 Å². The first-order chi connectivity index (χ1) is 8.12. The Morgan fingerprint density at radius 2 is 2.12 bits per heavy atom. The van der Waals surface area contributed by atoms with Crippen LogP contribution in [0, 0.1) is 21.4 Å². The van der Waals surface area contributed by atoms with Gasteiger partial charge in [-0.05, 0) is 6.07 Å². The molecule has 0 atom stereocenters. The van der Waals surface area contributed by atoms with Crippen LogP contribution in [0.2, 0.25) is 0 Å². The van der Waals surface area contributed by atoms with E-state index in [2.05, 4.69) is 5.32 Å². The smallest absolute Gasteiger partial charge is 0.270 e. The van der Waals surface area contributed by atoms with Gasteiger partial charge in [-0.1, -0.05) is 0 Å². The summed E-state index contributed by atoms with van der Waals surface area (Å²) < 4.78 is 0. The van der Waals surface area contributed by atoms with Crippen molar-refractivity contribution in [1.29, 1.82) is 5.26 Å². The third-order valence-electron chi connectivity index (χ3n) is 2.13. The van der Waals surface area contributed by atoms with Gasteiger partial charge in [-0.2, -0.15) is 5.26 Å². The molecule has 0 heterocycles. The van der Waals surface area contributed by atoms with E-state index in [1.165, 1.54) is 12.1 Å². The molecule has 7 nitrogen and oxygen atoms in total. The number of non-ortho nitro benzene ring substituents is 1. The normalized spacial score (nSPS) is 10.0. The van der Waals surface area contributed by atoms with Gasteiger partial charge >= 0.3 is 0 Å². The maximum atomic E-state index is 10.5. The number of hydrogen-bond acceptors (Lipinski definition) is 6. The lowest BCUT2D eigenvalue weighted by molar-refractivity contribution is -0.384. The quantitative estimate of drug-likeness (QED) is 0.498. The highest BCUT2D eigenvalue weighted by atomic mass is 16.6. The minimum Gasteiger partial charge on any atom is -0.394 e. The molecule has 1 rings (SSSR count). The number of benzene rings is 1. The largest absolute Gasteiger partial charge is 0.394 e. The number of anilines is 1. The molecule has 17 heavy (non-hydrogen) atoms. The molecular weight excluding hydrogens is 226 g/mol. The van der Waals surface area contributed by atoms with Gasteiger partial charge in [0, 0.05) is 12.1 Å². The van der Waals surface area contributed by atoms with Crippen LogP contribution in [-0.4, -0.2) is 34.4 Å². The average Bonchev–Trinajstić information content (AvgIpc) is 2.35. The van der Waals surface area contributed by atoms with Crippen molar-refractivity contribution in [3.05, 3.63) is 33.9 Å². The highest BCUT2D eigenvalue weighted by Gasteiger charge is 2.13. The summed E-state index contributed by atoms with van der Waals surface area (Å²) in [6.07, 6.45) is 0. The van der Waals surface area contributed by atoms with Crippen LogP contribution < -0.4 is 5.32 Å². The van der Waals surface area contributed by atoms with Crippen molar-refractivity contribution in [1.82, 2.24) is 0 Å². The molecule has 0 amide bonds. The van der Waals surface area contributed by atoms with E-state index in [0.29, 0.717) is 5.69 Å². The van der Waals surface area contributed by atoms with Crippen LogP contribution in [0.25, 0.3) is 0 Å². The molecule has 0 radical (unpaired) electrons. The van der Waals surface area contributed by atoms with Crippen LogP contribution in [-0.2, 0) is 0 Å². The number of aliphatic hydroxyl groups is 2. The van der Waals surface area contributed by atoms with E-state index >= 15 is 0 Å². The van der Waals surface area contributed by atoms with Crippen molar-refractivity contribution in [3.63, 3.8) is 0 Å². The molecule has 0 unspecified atom stereocenters. The second-order valence-electron chi connectivity index (χ2n) is 3.31. The number of nitriles is 1. The van der Waals surface area contributed by atoms with Gasteiger partial charge in [0.25, 0.3) is 5.69 Å². The Morgan fingerprint density at radius 3 is 2.59 bits per heavy atom. The molecule has 1 aromatic carbocycles. The van der Waals surface area contributed by atoms with Gasteiger partial charge in [0.05, 0.1) is 35.4 Å². The van der Waals surface area contributed by atoms with Crippen LogP contribution in [0.4, 0.5) is 11.4 Å². The molecule has 90 valence electrons. The topological polar surface area (TPSA) is 119 Å². The third-order valence-corrected chi connectivity index (χ3v) is 2.13. The fourth-order valence-electron chi connectivity index (χ4n) is 1.23. The molecule has 0 spiro atoms. The summed E-state index contributed by atoms with van der Waals surface area (Å²) in [7, 11) is 0. The lowest BCUT2D eigenvalue weighted by Crippen LogP contribution is -2.28. The molecule has 0 bridgehead atoms. The fourth-order valence-corrected chi connectivity index (χ4v) is 1.23. The van der Waals surface area contributed by atoms with Gasteiger partial charge < -0.3 is 15.5 Å². The van der Waals surface area contributed by atoms with Crippen LogP contribution in [0.1, 0.15) is 5.56 Å². The Hall–Kier alpha value is -2.17. The van der Waals surface area contributed by atoms with Gasteiger partial charge in [-0.25, -0.2) is 0 Å². The first-order valence-electron chi connectivity index (χ1n) is 4.79. The Kier molecular flexibility index (Phi) is 4.39. The van der Waals surface area contributed by atoms with Crippen molar-refractivity contribution in [2.75, 3.05) is 18.5 Å². The summed E-state index contributed by atoms with van der Waals surface area (Å²) in [6, 6.07) is 4.95. The maximum Gasteiger partial charge on any atom is 0.270 e. The van der Waals surface area contributed by atoms with E-state index in [0.717, 1.165) is 6.07 Å². The summed E-state index contributed by atoms with van der Waals surface area (Å²) in [5.74, 6) is 0. The van der Waals surface area contributed by atoms with Crippen molar-refractivity contribution in [3.8, 4) is 6.07 Å². The number of nitro benzene ring substituents is 1. The van der Waals surface area contributed by atoms with Crippen LogP contribution >= 0.6 is 0 Å². The zero-order valence-corrected chi connectivity index (χ0v) is 8.83. The van der Waals surface area contributed by atoms with Gasteiger partial charge in [0.15, 0.2) is 0 Å². The van der Waals surface area contributed by atoms with E-state index in [1.807, 2.05) is 6.07 Å². The third kappa shape index (κ3) is 3.14. The van der Waals surface area contributed by atoms with Crippen LogP contribution in [0.3, 0.4) is 0 Å². The summed E-state index contributed by atoms with van der Waals surface area (Å²) in [4.78, 5) is 9.91. The number of nitrogens with zero attached hydrogens (tertiary/aromatic N) is 2. The highest BCUT2D eigenvalue weighted by Crippen LogP contribution is 2.21. The minimum atomic E-state index is -0.608. The first-order valence-corrected chi connectivity index (χ1v) is 4.79. The van der Waals surface area contributed by atoms with Crippen molar-refractivity contribution < 1.29 is 15.1 Å². The SMILES string of the molecule is N#Cc1cc([N+](=O)[O-])ccc1NC(CO)CO. The molecule has 3 N–H and O–H groups in total. The molecule has 0 saturated heterocycles. The molecule has 0 aliphatic heterocycles. The Morgan fingerprint density at radius 1 is 1.47 bits per heavy atom. The fraction of sp³-hybridized carbons (Fsp3) is 0.300. The van der Waals surface area contributed by atoms with Gasteiger partial charge in [0.2, 0.25) is 0 Å². The maximum absolute atomic E-state index is 10.5. The zero-order chi connectivity index (χ0) is 12.8. The van der Waals surface area contributed by atoms with E-state index < -0.39 is 11.0 Å². The number of aliphatic hydroxyl groups excluding tert-OH is 2. The van der Waals surface area contributed by atoms with E-state index in [1.54, 1.807) is 0 Å². The van der Waals surface area contributed by atoms with Crippen LogP contribution in [0.15, 0.2) is 18.2 Å². The first kappa shape index (κ1) is 12.9. The number of nitro groups is 1. The molecular formula is C10H11N3O4. The van der Waals surface area contributed by atoms with Crippen molar-refractivity contribution >= 4 is 11.4 Å². The summed E-state index contributed by atoms with van der Waals surface area (Å²) in [5, 5.41) is 39.8. The second-order valence-corrected chi connectivity index (χ2v) is 3.31. The average molecular weight is 237 g/mol.